The molecule has 1 fully saturated rings. The van der Waals surface area contributed by atoms with Crippen molar-refractivity contribution in [2.24, 2.45) is 5.73 Å². The number of nitrogens with zero attached hydrogens (tertiary/aromatic N) is 1. The van der Waals surface area contributed by atoms with Crippen molar-refractivity contribution in [1.82, 2.24) is 16.1 Å². The van der Waals surface area contributed by atoms with Gasteiger partial charge in [-0.2, -0.15) is 0 Å². The molecule has 0 aromatic heterocycles. The van der Waals surface area contributed by atoms with Gasteiger partial charge < -0.3 is 21.3 Å². The summed E-state index contributed by atoms with van der Waals surface area (Å²) < 4.78 is 0. The minimum absolute atomic E-state index is 0.357. The summed E-state index contributed by atoms with van der Waals surface area (Å²) in [7, 11) is 0. The lowest BCUT2D eigenvalue weighted by atomic mass is 9.95. The molecule has 1 atom stereocenters. The van der Waals surface area contributed by atoms with E-state index in [4.69, 9.17) is 10.9 Å². The van der Waals surface area contributed by atoms with Crippen molar-refractivity contribution >= 4 is 17.5 Å². The lowest BCUT2D eigenvalue weighted by molar-refractivity contribution is -0.132. The highest BCUT2D eigenvalue weighted by Crippen LogP contribution is 2.15. The van der Waals surface area contributed by atoms with Gasteiger partial charge in [0, 0.05) is 54.1 Å². The van der Waals surface area contributed by atoms with Gasteiger partial charge in [-0.3, -0.25) is 14.8 Å². The van der Waals surface area contributed by atoms with Crippen LogP contribution in [0.25, 0.3) is 0 Å². The minimum Gasteiger partial charge on any atom is -0.369 e. The highest BCUT2D eigenvalue weighted by atomic mass is 16.5. The van der Waals surface area contributed by atoms with Crippen molar-refractivity contribution in [2.45, 2.75) is 25.4 Å². The van der Waals surface area contributed by atoms with E-state index in [2.05, 4.69) is 39.5 Å². The van der Waals surface area contributed by atoms with Crippen LogP contribution in [0.4, 0.5) is 5.69 Å². The number of benzene rings is 2. The van der Waals surface area contributed by atoms with E-state index in [0.717, 1.165) is 37.3 Å². The standard InChI is InChI=1S/C24H29N5O3/c1-24(2,25)21(23(31)28-32)27-22(30)19-9-5-17(6-10-19)3-4-18-7-11-20(12-8-18)29-15-13-26-14-16-29/h5-12,21,26,32H,13-16,25H2,1-2H3,(H,27,30)(H,28,31). The molecule has 3 rings (SSSR count). The molecule has 1 unspecified atom stereocenters. The van der Waals surface area contributed by atoms with Crippen LogP contribution >= 0.6 is 0 Å². The Balaban J connectivity index is 1.64. The molecule has 0 aliphatic carbocycles. The zero-order valence-corrected chi connectivity index (χ0v) is 18.3. The first-order chi connectivity index (χ1) is 15.3. The second-order valence-corrected chi connectivity index (χ2v) is 8.32. The van der Waals surface area contributed by atoms with Gasteiger partial charge in [0.2, 0.25) is 0 Å². The van der Waals surface area contributed by atoms with Crippen LogP contribution in [0.2, 0.25) is 0 Å². The summed E-state index contributed by atoms with van der Waals surface area (Å²) in [5.41, 5.74) is 9.64. The van der Waals surface area contributed by atoms with Crippen molar-refractivity contribution in [3.8, 4) is 11.8 Å². The monoisotopic (exact) mass is 435 g/mol. The fourth-order valence-electron chi connectivity index (χ4n) is 3.40. The maximum atomic E-state index is 12.5. The van der Waals surface area contributed by atoms with Crippen molar-refractivity contribution in [1.29, 1.82) is 0 Å². The molecule has 2 aromatic rings. The number of piperazine rings is 1. The van der Waals surface area contributed by atoms with Gasteiger partial charge >= 0.3 is 0 Å². The quantitative estimate of drug-likeness (QED) is 0.270. The van der Waals surface area contributed by atoms with Gasteiger partial charge in [-0.15, -0.1) is 0 Å². The van der Waals surface area contributed by atoms with E-state index in [1.54, 1.807) is 38.1 Å². The predicted octanol–water partition coefficient (Wildman–Crippen LogP) is 0.837. The Morgan fingerprint density at radius 2 is 1.56 bits per heavy atom. The number of hydrogen-bond donors (Lipinski definition) is 5. The molecular formula is C24H29N5O3. The number of anilines is 1. The number of carbonyl (C=O) groups is 2. The molecule has 168 valence electrons. The maximum absolute atomic E-state index is 12.5. The third-order valence-corrected chi connectivity index (χ3v) is 5.24. The van der Waals surface area contributed by atoms with E-state index in [9.17, 15) is 9.59 Å². The van der Waals surface area contributed by atoms with Crippen LogP contribution in [0.1, 0.15) is 35.3 Å². The topological polar surface area (TPSA) is 120 Å². The van der Waals surface area contributed by atoms with Gasteiger partial charge in [-0.05, 0) is 62.4 Å². The molecule has 1 aliphatic rings. The minimum atomic E-state index is -1.09. The van der Waals surface area contributed by atoms with E-state index in [1.165, 1.54) is 11.2 Å². The molecule has 8 heteroatoms. The van der Waals surface area contributed by atoms with Crippen molar-refractivity contribution < 1.29 is 14.8 Å². The zero-order chi connectivity index (χ0) is 23.1. The van der Waals surface area contributed by atoms with Gasteiger partial charge in [-0.25, -0.2) is 5.48 Å². The Morgan fingerprint density at radius 1 is 1.03 bits per heavy atom. The highest BCUT2D eigenvalue weighted by Gasteiger charge is 2.33. The van der Waals surface area contributed by atoms with Crippen LogP contribution in [0, 0.1) is 11.8 Å². The van der Waals surface area contributed by atoms with E-state index in [1.807, 2.05) is 12.1 Å². The second-order valence-electron chi connectivity index (χ2n) is 8.32. The zero-order valence-electron chi connectivity index (χ0n) is 18.3. The molecule has 0 spiro atoms. The van der Waals surface area contributed by atoms with Crippen LogP contribution in [0.3, 0.4) is 0 Å². The lowest BCUT2D eigenvalue weighted by Gasteiger charge is -2.29. The molecule has 32 heavy (non-hydrogen) atoms. The van der Waals surface area contributed by atoms with Crippen molar-refractivity contribution in [3.05, 3.63) is 65.2 Å². The Kier molecular flexibility index (Phi) is 7.49. The number of rotatable bonds is 5. The lowest BCUT2D eigenvalue weighted by Crippen LogP contribution is -2.61. The third kappa shape index (κ3) is 6.08. The number of carbonyl (C=O) groups excluding carboxylic acids is 2. The summed E-state index contributed by atoms with van der Waals surface area (Å²) in [5.74, 6) is 4.98. The molecule has 0 radical (unpaired) electrons. The van der Waals surface area contributed by atoms with Gasteiger partial charge in [0.1, 0.15) is 6.04 Å². The summed E-state index contributed by atoms with van der Waals surface area (Å²) in [6, 6.07) is 13.8. The number of hydroxylamine groups is 1. The summed E-state index contributed by atoms with van der Waals surface area (Å²) in [6.45, 7) is 7.16. The number of nitrogens with one attached hydrogen (secondary N) is 3. The summed E-state index contributed by atoms with van der Waals surface area (Å²) in [4.78, 5) is 26.7. The van der Waals surface area contributed by atoms with E-state index in [-0.39, 0.29) is 0 Å². The van der Waals surface area contributed by atoms with Gasteiger partial charge in [-0.1, -0.05) is 11.8 Å². The van der Waals surface area contributed by atoms with Crippen molar-refractivity contribution in [2.75, 3.05) is 31.1 Å². The Morgan fingerprint density at radius 3 is 2.06 bits per heavy atom. The Bertz CT molecular complexity index is 995. The average molecular weight is 436 g/mol. The Hall–Kier alpha value is -3.38. The van der Waals surface area contributed by atoms with Crippen LogP contribution in [0.15, 0.2) is 48.5 Å². The summed E-state index contributed by atoms with van der Waals surface area (Å²) in [5, 5.41) is 14.8. The predicted molar refractivity (Wildman–Crippen MR) is 123 cm³/mol. The number of nitrogens with two attached hydrogens (primary N) is 1. The van der Waals surface area contributed by atoms with Crippen LogP contribution in [0.5, 0.6) is 0 Å². The first kappa shape index (κ1) is 23.3. The van der Waals surface area contributed by atoms with Crippen LogP contribution in [-0.2, 0) is 4.79 Å². The first-order valence-electron chi connectivity index (χ1n) is 10.5. The normalized spacial score (nSPS) is 14.7. The van der Waals surface area contributed by atoms with E-state index < -0.39 is 23.4 Å². The largest absolute Gasteiger partial charge is 0.369 e. The molecule has 1 aliphatic heterocycles. The highest BCUT2D eigenvalue weighted by molar-refractivity contribution is 5.97. The fraction of sp³-hybridized carbons (Fsp3) is 0.333. The third-order valence-electron chi connectivity index (χ3n) is 5.24. The molecule has 6 N–H and O–H groups in total. The molecule has 0 bridgehead atoms. The second kappa shape index (κ2) is 10.3. The smallest absolute Gasteiger partial charge is 0.267 e. The van der Waals surface area contributed by atoms with Crippen molar-refractivity contribution in [3.63, 3.8) is 0 Å². The Labute approximate surface area is 188 Å². The molecule has 1 heterocycles. The SMILES string of the molecule is CC(C)(N)C(NC(=O)c1ccc(C#Cc2ccc(N3CCNCC3)cc2)cc1)C(=O)NO. The average Bonchev–Trinajstić information content (AvgIpc) is 2.81. The molecule has 2 aromatic carbocycles. The molecule has 2 amide bonds. The molecular weight excluding hydrogens is 406 g/mol. The maximum Gasteiger partial charge on any atom is 0.267 e. The number of amides is 2. The first-order valence-corrected chi connectivity index (χ1v) is 10.5. The van der Waals surface area contributed by atoms with Gasteiger partial charge in [0.15, 0.2) is 0 Å². The summed E-state index contributed by atoms with van der Waals surface area (Å²) >= 11 is 0. The summed E-state index contributed by atoms with van der Waals surface area (Å²) in [6.07, 6.45) is 0. The van der Waals surface area contributed by atoms with Crippen LogP contribution in [-0.4, -0.2) is 54.8 Å². The van der Waals surface area contributed by atoms with E-state index >= 15 is 0 Å². The molecule has 8 nitrogen and oxygen atoms in total. The van der Waals surface area contributed by atoms with Crippen LogP contribution < -0.4 is 26.7 Å². The number of hydrogen-bond acceptors (Lipinski definition) is 6. The van der Waals surface area contributed by atoms with Gasteiger partial charge in [0.05, 0.1) is 0 Å². The molecule has 1 saturated heterocycles. The van der Waals surface area contributed by atoms with E-state index in [0.29, 0.717) is 5.56 Å². The van der Waals surface area contributed by atoms with Gasteiger partial charge in [0.25, 0.3) is 11.8 Å². The fourth-order valence-corrected chi connectivity index (χ4v) is 3.40. The molecule has 0 saturated carbocycles.